The number of hydrogen-bond acceptors (Lipinski definition) is 5. The molecule has 0 N–H and O–H groups in total. The zero-order chi connectivity index (χ0) is 18.8. The third-order valence-corrected chi connectivity index (χ3v) is 4.66. The highest BCUT2D eigenvalue weighted by Crippen LogP contribution is 2.12. The van der Waals surface area contributed by atoms with Crippen molar-refractivity contribution in [2.75, 3.05) is 26.3 Å². The van der Waals surface area contributed by atoms with Crippen LogP contribution < -0.4 is 5.56 Å². The van der Waals surface area contributed by atoms with Gasteiger partial charge in [-0.3, -0.25) is 14.2 Å². The molecule has 8 nitrogen and oxygen atoms in total. The molecule has 3 heterocycles. The summed E-state index contributed by atoms with van der Waals surface area (Å²) in [6, 6.07) is 1.92. The lowest BCUT2D eigenvalue weighted by Gasteiger charge is -2.27. The number of hydrogen-bond donors (Lipinski definition) is 0. The molecule has 1 fully saturated rings. The number of carbonyl (C=O) groups excluding carboxylic acids is 1. The van der Waals surface area contributed by atoms with Crippen LogP contribution in [0.4, 0.5) is 0 Å². The van der Waals surface area contributed by atoms with E-state index in [4.69, 9.17) is 4.74 Å². The second kappa shape index (κ2) is 7.41. The fourth-order valence-corrected chi connectivity index (χ4v) is 3.28. The lowest BCUT2D eigenvalue weighted by Crippen LogP contribution is -2.44. The first-order chi connectivity index (χ1) is 12.4. The molecule has 2 aromatic heterocycles. The van der Waals surface area contributed by atoms with Gasteiger partial charge in [-0.1, -0.05) is 6.92 Å². The molecule has 0 unspecified atom stereocenters. The molecule has 1 amide bonds. The maximum Gasteiger partial charge on any atom is 0.258 e. The number of aromatic nitrogens is 4. The minimum absolute atomic E-state index is 0.0488. The van der Waals surface area contributed by atoms with Gasteiger partial charge < -0.3 is 9.64 Å². The van der Waals surface area contributed by atoms with Gasteiger partial charge in [0.1, 0.15) is 6.54 Å². The molecule has 2 aromatic rings. The van der Waals surface area contributed by atoms with Crippen molar-refractivity contribution in [2.24, 2.45) is 0 Å². The van der Waals surface area contributed by atoms with Crippen LogP contribution in [0.3, 0.4) is 0 Å². The fraction of sp³-hybridized carbons (Fsp3) is 0.556. The Morgan fingerprint density at radius 2 is 1.92 bits per heavy atom. The van der Waals surface area contributed by atoms with E-state index in [2.05, 4.69) is 10.1 Å². The largest absolute Gasteiger partial charge is 0.378 e. The Balaban J connectivity index is 2.07. The third-order valence-electron chi connectivity index (χ3n) is 4.66. The summed E-state index contributed by atoms with van der Waals surface area (Å²) in [5, 5.41) is 4.45. The van der Waals surface area contributed by atoms with Crippen LogP contribution in [-0.2, 0) is 22.5 Å². The number of amides is 1. The minimum Gasteiger partial charge on any atom is -0.378 e. The molecule has 140 valence electrons. The zero-order valence-electron chi connectivity index (χ0n) is 15.8. The average Bonchev–Trinajstić information content (AvgIpc) is 2.96. The Bertz CT molecular complexity index is 878. The summed E-state index contributed by atoms with van der Waals surface area (Å²) in [4.78, 5) is 32.1. The quantitative estimate of drug-likeness (QED) is 0.806. The van der Waals surface area contributed by atoms with Crippen LogP contribution in [0.5, 0.6) is 0 Å². The third kappa shape index (κ3) is 3.41. The molecule has 1 aliphatic rings. The maximum atomic E-state index is 13.0. The molecular weight excluding hydrogens is 334 g/mol. The van der Waals surface area contributed by atoms with Gasteiger partial charge in [-0.05, 0) is 33.3 Å². The molecule has 8 heteroatoms. The van der Waals surface area contributed by atoms with Crippen LogP contribution >= 0.6 is 0 Å². The lowest BCUT2D eigenvalue weighted by molar-refractivity contribution is -0.135. The summed E-state index contributed by atoms with van der Waals surface area (Å²) >= 11 is 0. The molecule has 0 aromatic carbocycles. The zero-order valence-corrected chi connectivity index (χ0v) is 15.8. The standard InChI is InChI=1S/C18H25N5O3/c1-5-15-14(4)19-18(23-13(3)10-12(2)20-23)22(17(15)25)11-16(24)21-6-8-26-9-7-21/h10H,5-9,11H2,1-4H3. The van der Waals surface area contributed by atoms with Crippen LogP contribution in [0.1, 0.15) is 29.6 Å². The van der Waals surface area contributed by atoms with Gasteiger partial charge in [0.2, 0.25) is 11.9 Å². The summed E-state index contributed by atoms with van der Waals surface area (Å²) in [5.41, 5.74) is 2.83. The van der Waals surface area contributed by atoms with Gasteiger partial charge >= 0.3 is 0 Å². The van der Waals surface area contributed by atoms with E-state index >= 15 is 0 Å². The Hall–Kier alpha value is -2.48. The smallest absolute Gasteiger partial charge is 0.258 e. The van der Waals surface area contributed by atoms with Crippen molar-refractivity contribution in [3.8, 4) is 5.95 Å². The Labute approximate surface area is 152 Å². The van der Waals surface area contributed by atoms with Crippen molar-refractivity contribution < 1.29 is 9.53 Å². The Morgan fingerprint density at radius 3 is 2.50 bits per heavy atom. The summed E-state index contributed by atoms with van der Waals surface area (Å²) in [6.45, 7) is 9.63. The van der Waals surface area contributed by atoms with Crippen LogP contribution in [-0.4, -0.2) is 56.4 Å². The van der Waals surface area contributed by atoms with E-state index in [1.54, 1.807) is 9.58 Å². The molecule has 1 aliphatic heterocycles. The monoisotopic (exact) mass is 359 g/mol. The number of carbonyl (C=O) groups is 1. The number of nitrogens with zero attached hydrogens (tertiary/aromatic N) is 5. The number of morpholine rings is 1. The molecule has 0 bridgehead atoms. The van der Waals surface area contributed by atoms with Crippen molar-refractivity contribution in [2.45, 2.75) is 40.7 Å². The summed E-state index contributed by atoms with van der Waals surface area (Å²) in [5.74, 6) is 0.280. The fourth-order valence-electron chi connectivity index (χ4n) is 3.28. The van der Waals surface area contributed by atoms with Gasteiger partial charge in [0, 0.05) is 24.3 Å². The molecule has 0 aliphatic carbocycles. The van der Waals surface area contributed by atoms with E-state index < -0.39 is 0 Å². The predicted molar refractivity (Wildman–Crippen MR) is 96.6 cm³/mol. The molecule has 0 radical (unpaired) electrons. The second-order valence-electron chi connectivity index (χ2n) is 6.55. The van der Waals surface area contributed by atoms with E-state index in [9.17, 15) is 9.59 Å². The molecular formula is C18H25N5O3. The Morgan fingerprint density at radius 1 is 1.23 bits per heavy atom. The molecule has 1 saturated heterocycles. The average molecular weight is 359 g/mol. The first kappa shape index (κ1) is 18.3. The van der Waals surface area contributed by atoms with Crippen LogP contribution in [0, 0.1) is 20.8 Å². The van der Waals surface area contributed by atoms with Crippen molar-refractivity contribution in [1.29, 1.82) is 0 Å². The van der Waals surface area contributed by atoms with Crippen LogP contribution in [0.25, 0.3) is 5.95 Å². The molecule has 3 rings (SSSR count). The van der Waals surface area contributed by atoms with Crippen molar-refractivity contribution in [3.05, 3.63) is 39.1 Å². The first-order valence-corrected chi connectivity index (χ1v) is 8.91. The van der Waals surface area contributed by atoms with Crippen molar-refractivity contribution >= 4 is 5.91 Å². The van der Waals surface area contributed by atoms with E-state index in [0.29, 0.717) is 49.9 Å². The second-order valence-corrected chi connectivity index (χ2v) is 6.55. The Kier molecular flexibility index (Phi) is 5.22. The van der Waals surface area contributed by atoms with E-state index in [1.165, 1.54) is 4.57 Å². The van der Waals surface area contributed by atoms with Gasteiger partial charge in [-0.2, -0.15) is 5.10 Å². The van der Waals surface area contributed by atoms with E-state index in [0.717, 1.165) is 11.4 Å². The number of ether oxygens (including phenoxy) is 1. The van der Waals surface area contributed by atoms with Crippen molar-refractivity contribution in [1.82, 2.24) is 24.2 Å². The van der Waals surface area contributed by atoms with Gasteiger partial charge in [0.05, 0.1) is 24.6 Å². The summed E-state index contributed by atoms with van der Waals surface area (Å²) in [7, 11) is 0. The highest BCUT2D eigenvalue weighted by molar-refractivity contribution is 5.76. The molecule has 0 spiro atoms. The summed E-state index contributed by atoms with van der Waals surface area (Å²) < 4.78 is 8.38. The first-order valence-electron chi connectivity index (χ1n) is 8.91. The molecule has 26 heavy (non-hydrogen) atoms. The highest BCUT2D eigenvalue weighted by atomic mass is 16.5. The molecule has 0 saturated carbocycles. The van der Waals surface area contributed by atoms with Crippen LogP contribution in [0.15, 0.2) is 10.9 Å². The summed E-state index contributed by atoms with van der Waals surface area (Å²) in [6.07, 6.45) is 0.570. The normalized spacial score (nSPS) is 14.7. The highest BCUT2D eigenvalue weighted by Gasteiger charge is 2.22. The maximum absolute atomic E-state index is 13.0. The topological polar surface area (TPSA) is 82.2 Å². The molecule has 0 atom stereocenters. The number of rotatable bonds is 4. The van der Waals surface area contributed by atoms with Crippen molar-refractivity contribution in [3.63, 3.8) is 0 Å². The van der Waals surface area contributed by atoms with E-state index in [1.807, 2.05) is 33.8 Å². The SMILES string of the molecule is CCc1c(C)nc(-n2nc(C)cc2C)n(CC(=O)N2CCOCC2)c1=O. The lowest BCUT2D eigenvalue weighted by atomic mass is 10.2. The predicted octanol–water partition coefficient (Wildman–Crippen LogP) is 0.775. The van der Waals surface area contributed by atoms with Gasteiger partial charge in [-0.15, -0.1) is 0 Å². The number of aryl methyl sites for hydroxylation is 3. The van der Waals surface area contributed by atoms with E-state index in [-0.39, 0.29) is 18.0 Å². The van der Waals surface area contributed by atoms with Gasteiger partial charge in [0.15, 0.2) is 0 Å². The minimum atomic E-state index is -0.177. The van der Waals surface area contributed by atoms with Gasteiger partial charge in [0.25, 0.3) is 5.56 Å². The van der Waals surface area contributed by atoms with Gasteiger partial charge in [-0.25, -0.2) is 9.67 Å². The van der Waals surface area contributed by atoms with Crippen LogP contribution in [0.2, 0.25) is 0 Å².